The number of Topliss-reactive ketones (excluding diaryl/α,β-unsaturated/α-hetero) is 1. The van der Waals surface area contributed by atoms with Crippen molar-refractivity contribution in [2.24, 2.45) is 0 Å². The van der Waals surface area contributed by atoms with E-state index in [0.717, 1.165) is 12.1 Å². The first-order chi connectivity index (χ1) is 9.39. The highest BCUT2D eigenvalue weighted by molar-refractivity contribution is 5.99. The molecule has 0 N–H and O–H groups in total. The average Bonchev–Trinajstić information content (AvgIpc) is 2.38. The number of hydrogen-bond acceptors (Lipinski definition) is 1. The predicted molar refractivity (Wildman–Crippen MR) is 65.9 cm³/mol. The van der Waals surface area contributed by atoms with Crippen LogP contribution in [-0.2, 0) is 12.6 Å². The third kappa shape index (κ3) is 3.04. The largest absolute Gasteiger partial charge is 0.419 e. The molecule has 0 aromatic heterocycles. The van der Waals surface area contributed by atoms with Gasteiger partial charge in [0.25, 0.3) is 0 Å². The lowest BCUT2D eigenvalue weighted by Gasteiger charge is -2.12. The molecule has 0 heterocycles. The molecule has 0 aliphatic heterocycles. The Morgan fingerprint density at radius 1 is 0.950 bits per heavy atom. The van der Waals surface area contributed by atoms with Crippen LogP contribution in [0.15, 0.2) is 48.5 Å². The van der Waals surface area contributed by atoms with E-state index in [9.17, 15) is 22.4 Å². The molecule has 0 amide bonds. The van der Waals surface area contributed by atoms with E-state index < -0.39 is 28.9 Å². The van der Waals surface area contributed by atoms with Crippen molar-refractivity contribution < 1.29 is 22.4 Å². The molecule has 0 unspecified atom stereocenters. The molecule has 20 heavy (non-hydrogen) atoms. The van der Waals surface area contributed by atoms with Gasteiger partial charge in [-0.3, -0.25) is 4.79 Å². The molecular weight excluding hydrogens is 272 g/mol. The van der Waals surface area contributed by atoms with Crippen molar-refractivity contribution in [3.63, 3.8) is 0 Å². The van der Waals surface area contributed by atoms with E-state index in [-0.39, 0.29) is 6.42 Å². The van der Waals surface area contributed by atoms with Crippen molar-refractivity contribution >= 4 is 5.78 Å². The monoisotopic (exact) mass is 282 g/mol. The molecule has 2 aromatic carbocycles. The first-order valence-electron chi connectivity index (χ1n) is 5.82. The van der Waals surface area contributed by atoms with Gasteiger partial charge in [-0.25, -0.2) is 4.39 Å². The van der Waals surface area contributed by atoms with Crippen LogP contribution in [0.5, 0.6) is 0 Å². The number of carbonyl (C=O) groups excluding carboxylic acids is 1. The summed E-state index contributed by atoms with van der Waals surface area (Å²) in [7, 11) is 0. The van der Waals surface area contributed by atoms with E-state index in [1.807, 2.05) is 0 Å². The first kappa shape index (κ1) is 14.2. The second-order valence-corrected chi connectivity index (χ2v) is 4.25. The third-order valence-electron chi connectivity index (χ3n) is 2.80. The molecule has 104 valence electrons. The van der Waals surface area contributed by atoms with E-state index in [2.05, 4.69) is 0 Å². The SMILES string of the molecule is O=C(Cc1ccccc1)c1cccc(F)c1C(F)(F)F. The van der Waals surface area contributed by atoms with Crippen molar-refractivity contribution in [1.29, 1.82) is 0 Å². The van der Waals surface area contributed by atoms with Crippen molar-refractivity contribution in [2.75, 3.05) is 0 Å². The Kier molecular flexibility index (Phi) is 3.88. The molecule has 0 spiro atoms. The Morgan fingerprint density at radius 3 is 2.20 bits per heavy atom. The number of carbonyl (C=O) groups is 1. The summed E-state index contributed by atoms with van der Waals surface area (Å²) in [5.74, 6) is -2.19. The summed E-state index contributed by atoms with van der Waals surface area (Å²) in [6.07, 6.45) is -5.10. The summed E-state index contributed by atoms with van der Waals surface area (Å²) in [5, 5.41) is 0. The van der Waals surface area contributed by atoms with Crippen LogP contribution in [-0.4, -0.2) is 5.78 Å². The number of alkyl halides is 3. The first-order valence-corrected chi connectivity index (χ1v) is 5.82. The molecular formula is C15H10F4O. The molecule has 0 aliphatic carbocycles. The minimum Gasteiger partial charge on any atom is -0.294 e. The topological polar surface area (TPSA) is 17.1 Å². The quantitative estimate of drug-likeness (QED) is 0.607. The highest BCUT2D eigenvalue weighted by atomic mass is 19.4. The second-order valence-electron chi connectivity index (χ2n) is 4.25. The van der Waals surface area contributed by atoms with Gasteiger partial charge in [0.15, 0.2) is 5.78 Å². The highest BCUT2D eigenvalue weighted by Crippen LogP contribution is 2.34. The van der Waals surface area contributed by atoms with Crippen molar-refractivity contribution in [3.8, 4) is 0 Å². The zero-order valence-electron chi connectivity index (χ0n) is 10.2. The van der Waals surface area contributed by atoms with Crippen LogP contribution in [0.3, 0.4) is 0 Å². The Balaban J connectivity index is 2.38. The molecule has 0 saturated heterocycles. The summed E-state index contributed by atoms with van der Waals surface area (Å²) in [6, 6.07) is 11.1. The molecule has 0 fully saturated rings. The Labute approximate surface area is 112 Å². The minimum absolute atomic E-state index is 0.201. The van der Waals surface area contributed by atoms with Gasteiger partial charge in [-0.05, 0) is 11.6 Å². The molecule has 1 nitrogen and oxygen atoms in total. The van der Waals surface area contributed by atoms with Gasteiger partial charge >= 0.3 is 6.18 Å². The molecule has 0 radical (unpaired) electrons. The van der Waals surface area contributed by atoms with Gasteiger partial charge in [-0.1, -0.05) is 42.5 Å². The molecule has 0 aliphatic rings. The predicted octanol–water partition coefficient (Wildman–Crippen LogP) is 4.27. The Morgan fingerprint density at radius 2 is 1.60 bits per heavy atom. The van der Waals surface area contributed by atoms with E-state index in [1.165, 1.54) is 0 Å². The molecule has 2 aromatic rings. The zero-order valence-corrected chi connectivity index (χ0v) is 10.2. The molecule has 2 rings (SSSR count). The van der Waals surface area contributed by atoms with E-state index in [4.69, 9.17) is 0 Å². The van der Waals surface area contributed by atoms with Crippen LogP contribution in [0.25, 0.3) is 0 Å². The summed E-state index contributed by atoms with van der Waals surface area (Å²) in [6.45, 7) is 0. The summed E-state index contributed by atoms with van der Waals surface area (Å²) in [4.78, 5) is 12.0. The number of halogens is 4. The van der Waals surface area contributed by atoms with Gasteiger partial charge in [-0.15, -0.1) is 0 Å². The third-order valence-corrected chi connectivity index (χ3v) is 2.80. The second kappa shape index (κ2) is 5.45. The maximum Gasteiger partial charge on any atom is 0.419 e. The lowest BCUT2D eigenvalue weighted by molar-refractivity contribution is -0.140. The van der Waals surface area contributed by atoms with E-state index in [1.54, 1.807) is 30.3 Å². The molecule has 5 heteroatoms. The van der Waals surface area contributed by atoms with Gasteiger partial charge in [-0.2, -0.15) is 13.2 Å². The fourth-order valence-electron chi connectivity index (χ4n) is 1.92. The van der Waals surface area contributed by atoms with Crippen LogP contribution in [0.2, 0.25) is 0 Å². The van der Waals surface area contributed by atoms with Crippen molar-refractivity contribution in [1.82, 2.24) is 0 Å². The zero-order chi connectivity index (χ0) is 14.8. The van der Waals surface area contributed by atoms with Gasteiger partial charge in [0.2, 0.25) is 0 Å². The minimum atomic E-state index is -4.90. The van der Waals surface area contributed by atoms with Gasteiger partial charge in [0.05, 0.1) is 0 Å². The summed E-state index contributed by atoms with van der Waals surface area (Å²) < 4.78 is 51.8. The van der Waals surface area contributed by atoms with Crippen molar-refractivity contribution in [2.45, 2.75) is 12.6 Å². The van der Waals surface area contributed by atoms with Gasteiger partial charge in [0, 0.05) is 12.0 Å². The molecule has 0 saturated carbocycles. The number of ketones is 1. The standard InChI is InChI=1S/C15H10F4O/c16-12-8-4-7-11(14(12)15(17,18)19)13(20)9-10-5-2-1-3-6-10/h1-8H,9H2. The van der Waals surface area contributed by atoms with Gasteiger partial charge in [0.1, 0.15) is 11.4 Å². The normalized spacial score (nSPS) is 11.4. The summed E-state index contributed by atoms with van der Waals surface area (Å²) in [5.41, 5.74) is -1.56. The number of hydrogen-bond donors (Lipinski definition) is 0. The lowest BCUT2D eigenvalue weighted by atomic mass is 9.98. The lowest BCUT2D eigenvalue weighted by Crippen LogP contribution is -2.16. The highest BCUT2D eigenvalue weighted by Gasteiger charge is 2.38. The van der Waals surface area contributed by atoms with E-state index in [0.29, 0.717) is 11.6 Å². The Hall–Kier alpha value is -2.17. The smallest absolute Gasteiger partial charge is 0.294 e. The van der Waals surface area contributed by atoms with Crippen LogP contribution in [0, 0.1) is 5.82 Å². The fourth-order valence-corrected chi connectivity index (χ4v) is 1.92. The molecule has 0 atom stereocenters. The van der Waals surface area contributed by atoms with Crippen LogP contribution in [0.4, 0.5) is 17.6 Å². The number of rotatable bonds is 3. The van der Waals surface area contributed by atoms with E-state index >= 15 is 0 Å². The number of benzene rings is 2. The maximum absolute atomic E-state index is 13.4. The molecule has 0 bridgehead atoms. The average molecular weight is 282 g/mol. The fraction of sp³-hybridized carbons (Fsp3) is 0.133. The van der Waals surface area contributed by atoms with Crippen LogP contribution < -0.4 is 0 Å². The van der Waals surface area contributed by atoms with Crippen molar-refractivity contribution in [3.05, 3.63) is 71.0 Å². The maximum atomic E-state index is 13.4. The van der Waals surface area contributed by atoms with Crippen LogP contribution >= 0.6 is 0 Å². The van der Waals surface area contributed by atoms with Gasteiger partial charge < -0.3 is 0 Å². The van der Waals surface area contributed by atoms with Crippen LogP contribution in [0.1, 0.15) is 21.5 Å². The Bertz CT molecular complexity index is 618. The summed E-state index contributed by atoms with van der Waals surface area (Å²) >= 11 is 0.